The summed E-state index contributed by atoms with van der Waals surface area (Å²) in [6, 6.07) is 3.35. The van der Waals surface area contributed by atoms with E-state index >= 15 is 0 Å². The summed E-state index contributed by atoms with van der Waals surface area (Å²) in [5, 5.41) is 0.549. The summed E-state index contributed by atoms with van der Waals surface area (Å²) in [4.78, 5) is 26.2. The summed E-state index contributed by atoms with van der Waals surface area (Å²) in [5.74, 6) is -0.167. The first kappa shape index (κ1) is 13.7. The number of esters is 1. The van der Waals surface area contributed by atoms with Gasteiger partial charge in [0.2, 0.25) is 0 Å². The standard InChI is InChI=1S/C12H15NO3S/c1-12(2,3)16-10(15)8-17-11-9(7-14)5-4-6-13-11/h4-7H,8H2,1-3H3. The molecule has 0 bridgehead atoms. The lowest BCUT2D eigenvalue weighted by atomic mass is 10.2. The van der Waals surface area contributed by atoms with E-state index in [2.05, 4.69) is 4.98 Å². The van der Waals surface area contributed by atoms with Gasteiger partial charge < -0.3 is 4.74 Å². The molecule has 1 rings (SSSR count). The van der Waals surface area contributed by atoms with Crippen molar-refractivity contribution in [3.63, 3.8) is 0 Å². The third kappa shape index (κ3) is 4.99. The van der Waals surface area contributed by atoms with Crippen molar-refractivity contribution < 1.29 is 14.3 Å². The first-order valence-corrected chi connectivity index (χ1v) is 6.16. The molecule has 0 aliphatic rings. The van der Waals surface area contributed by atoms with Gasteiger partial charge in [0.25, 0.3) is 0 Å². The zero-order valence-corrected chi connectivity index (χ0v) is 10.9. The zero-order chi connectivity index (χ0) is 12.9. The highest BCUT2D eigenvalue weighted by Gasteiger charge is 2.16. The van der Waals surface area contributed by atoms with Gasteiger partial charge in [0.1, 0.15) is 10.6 Å². The van der Waals surface area contributed by atoms with Crippen LogP contribution in [0.4, 0.5) is 0 Å². The number of ether oxygens (including phenoxy) is 1. The Morgan fingerprint density at radius 2 is 2.24 bits per heavy atom. The minimum atomic E-state index is -0.491. The number of carbonyl (C=O) groups is 2. The van der Waals surface area contributed by atoms with Gasteiger partial charge in [-0.1, -0.05) is 11.8 Å². The van der Waals surface area contributed by atoms with Gasteiger partial charge in [0, 0.05) is 11.8 Å². The highest BCUT2D eigenvalue weighted by Crippen LogP contribution is 2.19. The second-order valence-corrected chi connectivity index (χ2v) is 5.35. The van der Waals surface area contributed by atoms with Crippen LogP contribution in [-0.4, -0.2) is 28.6 Å². The summed E-state index contributed by atoms with van der Waals surface area (Å²) in [6.45, 7) is 5.44. The molecule has 0 saturated carbocycles. The van der Waals surface area contributed by atoms with E-state index in [1.165, 1.54) is 11.8 Å². The molecule has 0 unspecified atom stereocenters. The molecule has 92 valence electrons. The van der Waals surface area contributed by atoms with E-state index in [0.29, 0.717) is 10.6 Å². The molecule has 4 nitrogen and oxygen atoms in total. The minimum Gasteiger partial charge on any atom is -0.459 e. The number of nitrogens with zero attached hydrogens (tertiary/aromatic N) is 1. The smallest absolute Gasteiger partial charge is 0.316 e. The molecule has 5 heteroatoms. The number of pyridine rings is 1. The van der Waals surface area contributed by atoms with Crippen LogP contribution >= 0.6 is 11.8 Å². The van der Waals surface area contributed by atoms with Crippen LogP contribution in [0.15, 0.2) is 23.4 Å². The summed E-state index contributed by atoms with van der Waals surface area (Å²) in [7, 11) is 0. The molecule has 0 saturated heterocycles. The van der Waals surface area contributed by atoms with Crippen LogP contribution in [0.3, 0.4) is 0 Å². The molecule has 0 aromatic carbocycles. The number of aromatic nitrogens is 1. The molecule has 0 atom stereocenters. The lowest BCUT2D eigenvalue weighted by Crippen LogP contribution is -2.24. The Bertz CT molecular complexity index is 412. The summed E-state index contributed by atoms with van der Waals surface area (Å²) in [5.41, 5.74) is -0.00373. The fourth-order valence-electron chi connectivity index (χ4n) is 1.11. The maximum absolute atomic E-state index is 11.5. The van der Waals surface area contributed by atoms with E-state index < -0.39 is 5.60 Å². The van der Waals surface area contributed by atoms with Crippen molar-refractivity contribution in [1.29, 1.82) is 0 Å². The van der Waals surface area contributed by atoms with E-state index in [4.69, 9.17) is 4.74 Å². The van der Waals surface area contributed by atoms with Crippen molar-refractivity contribution in [2.75, 3.05) is 5.75 Å². The zero-order valence-electron chi connectivity index (χ0n) is 10.1. The fourth-order valence-corrected chi connectivity index (χ4v) is 1.84. The minimum absolute atomic E-state index is 0.148. The molecular weight excluding hydrogens is 238 g/mol. The Morgan fingerprint density at radius 1 is 1.53 bits per heavy atom. The summed E-state index contributed by atoms with van der Waals surface area (Å²) in [6.07, 6.45) is 2.31. The third-order valence-corrected chi connectivity index (χ3v) is 2.67. The Labute approximate surface area is 105 Å². The van der Waals surface area contributed by atoms with Crippen molar-refractivity contribution in [2.24, 2.45) is 0 Å². The SMILES string of the molecule is CC(C)(C)OC(=O)CSc1ncccc1C=O. The molecule has 0 fully saturated rings. The van der Waals surface area contributed by atoms with E-state index in [-0.39, 0.29) is 11.7 Å². The Balaban J connectivity index is 2.56. The quantitative estimate of drug-likeness (QED) is 0.468. The summed E-state index contributed by atoms with van der Waals surface area (Å²) < 4.78 is 5.16. The lowest BCUT2D eigenvalue weighted by molar-refractivity contribution is -0.151. The number of aldehydes is 1. The van der Waals surface area contributed by atoms with Crippen LogP contribution in [0.1, 0.15) is 31.1 Å². The second-order valence-electron chi connectivity index (χ2n) is 4.39. The van der Waals surface area contributed by atoms with E-state index in [1.54, 1.807) is 18.3 Å². The topological polar surface area (TPSA) is 56.3 Å². The van der Waals surface area contributed by atoms with Crippen molar-refractivity contribution in [3.05, 3.63) is 23.9 Å². The van der Waals surface area contributed by atoms with Gasteiger partial charge in [-0.15, -0.1) is 0 Å². The van der Waals surface area contributed by atoms with Crippen LogP contribution in [0.5, 0.6) is 0 Å². The van der Waals surface area contributed by atoms with Crippen molar-refractivity contribution in [3.8, 4) is 0 Å². The van der Waals surface area contributed by atoms with Gasteiger partial charge in [0.15, 0.2) is 6.29 Å². The largest absolute Gasteiger partial charge is 0.459 e. The predicted molar refractivity (Wildman–Crippen MR) is 66.2 cm³/mol. The first-order valence-electron chi connectivity index (χ1n) is 5.17. The Morgan fingerprint density at radius 3 is 2.82 bits per heavy atom. The molecule has 0 N–H and O–H groups in total. The van der Waals surface area contributed by atoms with Gasteiger partial charge in [-0.25, -0.2) is 4.98 Å². The number of carbonyl (C=O) groups excluding carboxylic acids is 2. The van der Waals surface area contributed by atoms with Crippen molar-refractivity contribution >= 4 is 24.0 Å². The normalized spacial score (nSPS) is 11.0. The molecule has 1 heterocycles. The maximum Gasteiger partial charge on any atom is 0.316 e. The van der Waals surface area contributed by atoms with Gasteiger partial charge in [-0.05, 0) is 32.9 Å². The molecule has 0 spiro atoms. The highest BCUT2D eigenvalue weighted by molar-refractivity contribution is 7.99. The molecule has 1 aromatic heterocycles. The first-order chi connectivity index (χ1) is 7.92. The van der Waals surface area contributed by atoms with Crippen LogP contribution in [0, 0.1) is 0 Å². The van der Waals surface area contributed by atoms with Crippen molar-refractivity contribution in [2.45, 2.75) is 31.4 Å². The Kier molecular flexibility index (Phi) is 4.69. The molecule has 0 radical (unpaired) electrons. The predicted octanol–water partition coefficient (Wildman–Crippen LogP) is 2.33. The van der Waals surface area contributed by atoms with E-state index in [9.17, 15) is 9.59 Å². The number of hydrogen-bond acceptors (Lipinski definition) is 5. The van der Waals surface area contributed by atoms with Crippen LogP contribution in [0.2, 0.25) is 0 Å². The number of hydrogen-bond donors (Lipinski definition) is 0. The van der Waals surface area contributed by atoms with Crippen LogP contribution < -0.4 is 0 Å². The van der Waals surface area contributed by atoms with Gasteiger partial charge in [0.05, 0.1) is 5.75 Å². The maximum atomic E-state index is 11.5. The van der Waals surface area contributed by atoms with Gasteiger partial charge in [-0.3, -0.25) is 9.59 Å². The third-order valence-electron chi connectivity index (χ3n) is 1.67. The molecule has 17 heavy (non-hydrogen) atoms. The lowest BCUT2D eigenvalue weighted by Gasteiger charge is -2.19. The number of thioether (sulfide) groups is 1. The monoisotopic (exact) mass is 253 g/mol. The molecular formula is C12H15NO3S. The molecule has 0 aliphatic heterocycles. The average Bonchev–Trinajstić information content (AvgIpc) is 2.24. The highest BCUT2D eigenvalue weighted by atomic mass is 32.2. The fraction of sp³-hybridized carbons (Fsp3) is 0.417. The van der Waals surface area contributed by atoms with Gasteiger partial charge >= 0.3 is 5.97 Å². The van der Waals surface area contributed by atoms with Crippen LogP contribution in [-0.2, 0) is 9.53 Å². The average molecular weight is 253 g/mol. The van der Waals surface area contributed by atoms with E-state index in [0.717, 1.165) is 6.29 Å². The molecule has 0 aliphatic carbocycles. The summed E-state index contributed by atoms with van der Waals surface area (Å²) >= 11 is 1.20. The number of rotatable bonds is 4. The van der Waals surface area contributed by atoms with E-state index in [1.807, 2.05) is 20.8 Å². The van der Waals surface area contributed by atoms with Crippen LogP contribution in [0.25, 0.3) is 0 Å². The second kappa shape index (κ2) is 5.82. The molecule has 1 aromatic rings. The Hall–Kier alpha value is -1.36. The van der Waals surface area contributed by atoms with Crippen molar-refractivity contribution in [1.82, 2.24) is 4.98 Å². The molecule has 0 amide bonds. The van der Waals surface area contributed by atoms with Gasteiger partial charge in [-0.2, -0.15) is 0 Å².